The van der Waals surface area contributed by atoms with Crippen molar-refractivity contribution in [2.75, 3.05) is 19.6 Å². The summed E-state index contributed by atoms with van der Waals surface area (Å²) in [5.41, 5.74) is 1.18. The van der Waals surface area contributed by atoms with E-state index < -0.39 is 0 Å². The van der Waals surface area contributed by atoms with Crippen LogP contribution in [0, 0.1) is 5.92 Å². The minimum atomic E-state index is 0.0444. The van der Waals surface area contributed by atoms with Crippen molar-refractivity contribution in [2.45, 2.75) is 19.9 Å². The summed E-state index contributed by atoms with van der Waals surface area (Å²) in [4.78, 5) is 13.3. The van der Waals surface area contributed by atoms with Gasteiger partial charge in [-0.25, -0.2) is 0 Å². The number of likely N-dealkylation sites (tertiary alicyclic amines) is 1. The maximum atomic E-state index is 10.9. The van der Waals surface area contributed by atoms with E-state index in [1.165, 1.54) is 5.56 Å². The van der Waals surface area contributed by atoms with Crippen molar-refractivity contribution in [2.24, 2.45) is 5.92 Å². The number of nitrogens with zero attached hydrogens (tertiary/aromatic N) is 1. The Morgan fingerprint density at radius 1 is 1.42 bits per heavy atom. The van der Waals surface area contributed by atoms with Gasteiger partial charge in [0.2, 0.25) is 5.91 Å². The number of amides is 1. The third-order valence-electron chi connectivity index (χ3n) is 3.40. The quantitative estimate of drug-likeness (QED) is 0.927. The van der Waals surface area contributed by atoms with E-state index in [-0.39, 0.29) is 5.91 Å². The lowest BCUT2D eigenvalue weighted by atomic mass is 10.1. The Hall–Kier alpha value is -0.770. The zero-order valence-corrected chi connectivity index (χ0v) is 12.5. The Morgan fingerprint density at radius 3 is 2.89 bits per heavy atom. The van der Waals surface area contributed by atoms with Crippen LogP contribution in [0.25, 0.3) is 0 Å². The lowest BCUT2D eigenvalue weighted by Gasteiger charge is -2.16. The maximum absolute atomic E-state index is 10.9. The SMILES string of the molecule is CC(=O)NC[C@H]1CCN(Cc2ccc(Cl)c(Cl)c2)C1. The fourth-order valence-corrected chi connectivity index (χ4v) is 2.73. The number of carbonyl (C=O) groups excluding carboxylic acids is 1. The summed E-state index contributed by atoms with van der Waals surface area (Å²) in [7, 11) is 0. The van der Waals surface area contributed by atoms with Gasteiger partial charge in [0, 0.05) is 26.6 Å². The molecular weight excluding hydrogens is 283 g/mol. The van der Waals surface area contributed by atoms with Gasteiger partial charge in [-0.15, -0.1) is 0 Å². The van der Waals surface area contributed by atoms with Crippen LogP contribution in [0.3, 0.4) is 0 Å². The van der Waals surface area contributed by atoms with E-state index >= 15 is 0 Å². The van der Waals surface area contributed by atoms with Gasteiger partial charge in [-0.2, -0.15) is 0 Å². The molecule has 0 aromatic heterocycles. The molecule has 0 saturated carbocycles. The van der Waals surface area contributed by atoms with Gasteiger partial charge in [0.15, 0.2) is 0 Å². The number of rotatable bonds is 4. The van der Waals surface area contributed by atoms with Gasteiger partial charge in [0.25, 0.3) is 0 Å². The van der Waals surface area contributed by atoms with E-state index in [1.54, 1.807) is 6.92 Å². The highest BCUT2D eigenvalue weighted by molar-refractivity contribution is 6.42. The number of nitrogens with one attached hydrogen (secondary N) is 1. The predicted octanol–water partition coefficient (Wildman–Crippen LogP) is 2.95. The minimum Gasteiger partial charge on any atom is -0.356 e. The zero-order valence-electron chi connectivity index (χ0n) is 11.0. The predicted molar refractivity (Wildman–Crippen MR) is 78.5 cm³/mol. The van der Waals surface area contributed by atoms with Crippen LogP contribution in [0.1, 0.15) is 18.9 Å². The van der Waals surface area contributed by atoms with E-state index in [2.05, 4.69) is 10.2 Å². The number of benzene rings is 1. The summed E-state index contributed by atoms with van der Waals surface area (Å²) >= 11 is 11.9. The summed E-state index contributed by atoms with van der Waals surface area (Å²) in [6, 6.07) is 5.77. The second-order valence-corrected chi connectivity index (χ2v) is 5.89. The Balaban J connectivity index is 1.84. The Labute approximate surface area is 123 Å². The van der Waals surface area contributed by atoms with E-state index in [0.29, 0.717) is 16.0 Å². The molecule has 0 spiro atoms. The molecule has 0 bridgehead atoms. The summed E-state index contributed by atoms with van der Waals surface area (Å²) in [6.07, 6.45) is 1.13. The molecule has 1 aliphatic rings. The first-order valence-corrected chi connectivity index (χ1v) is 7.21. The van der Waals surface area contributed by atoms with Crippen molar-refractivity contribution in [3.8, 4) is 0 Å². The molecule has 1 amide bonds. The summed E-state index contributed by atoms with van der Waals surface area (Å²) in [6.45, 7) is 5.29. The van der Waals surface area contributed by atoms with Gasteiger partial charge in [0.05, 0.1) is 10.0 Å². The number of hydrogen-bond acceptors (Lipinski definition) is 2. The highest BCUT2D eigenvalue weighted by Crippen LogP contribution is 2.24. The normalized spacial score (nSPS) is 19.6. The van der Waals surface area contributed by atoms with E-state index in [9.17, 15) is 4.79 Å². The fourth-order valence-electron chi connectivity index (χ4n) is 2.41. The Morgan fingerprint density at radius 2 is 2.21 bits per heavy atom. The van der Waals surface area contributed by atoms with Crippen LogP contribution >= 0.6 is 23.2 Å². The Bertz CT molecular complexity index is 465. The van der Waals surface area contributed by atoms with Crippen molar-refractivity contribution in [3.63, 3.8) is 0 Å². The summed E-state index contributed by atoms with van der Waals surface area (Å²) < 4.78 is 0. The lowest BCUT2D eigenvalue weighted by molar-refractivity contribution is -0.119. The van der Waals surface area contributed by atoms with Crippen LogP contribution in [-0.4, -0.2) is 30.4 Å². The van der Waals surface area contributed by atoms with Crippen molar-refractivity contribution < 1.29 is 4.79 Å². The fraction of sp³-hybridized carbons (Fsp3) is 0.500. The van der Waals surface area contributed by atoms with Crippen LogP contribution in [0.15, 0.2) is 18.2 Å². The largest absolute Gasteiger partial charge is 0.356 e. The molecule has 5 heteroatoms. The Kier molecular flexibility index (Phi) is 5.08. The molecule has 0 unspecified atom stereocenters. The van der Waals surface area contributed by atoms with Gasteiger partial charge < -0.3 is 5.32 Å². The number of halogens is 2. The molecule has 1 aromatic carbocycles. The van der Waals surface area contributed by atoms with Crippen molar-refractivity contribution >= 4 is 29.1 Å². The average Bonchev–Trinajstić information content (AvgIpc) is 2.79. The standard InChI is InChI=1S/C14H18Cl2N2O/c1-10(19)17-7-12-4-5-18(9-12)8-11-2-3-13(15)14(16)6-11/h2-3,6,12H,4-5,7-9H2,1H3,(H,17,19)/t12-/m1/s1. The molecular formula is C14H18Cl2N2O. The number of hydrogen-bond donors (Lipinski definition) is 1. The first-order chi connectivity index (χ1) is 9.04. The monoisotopic (exact) mass is 300 g/mol. The molecule has 1 aliphatic heterocycles. The zero-order chi connectivity index (χ0) is 13.8. The molecule has 19 heavy (non-hydrogen) atoms. The molecule has 104 valence electrons. The van der Waals surface area contributed by atoms with Gasteiger partial charge >= 0.3 is 0 Å². The van der Waals surface area contributed by atoms with Gasteiger partial charge in [-0.1, -0.05) is 29.3 Å². The first-order valence-electron chi connectivity index (χ1n) is 6.45. The smallest absolute Gasteiger partial charge is 0.216 e. The summed E-state index contributed by atoms with van der Waals surface area (Å²) in [5.74, 6) is 0.592. The molecule has 1 heterocycles. The van der Waals surface area contributed by atoms with E-state index in [4.69, 9.17) is 23.2 Å². The van der Waals surface area contributed by atoms with Crippen LogP contribution in [0.2, 0.25) is 10.0 Å². The minimum absolute atomic E-state index is 0.0444. The van der Waals surface area contributed by atoms with Crippen molar-refractivity contribution in [3.05, 3.63) is 33.8 Å². The van der Waals surface area contributed by atoms with Crippen LogP contribution in [0.5, 0.6) is 0 Å². The van der Waals surface area contributed by atoms with Gasteiger partial charge in [-0.05, 0) is 36.6 Å². The number of carbonyl (C=O) groups is 1. The van der Waals surface area contributed by atoms with Crippen molar-refractivity contribution in [1.82, 2.24) is 10.2 Å². The highest BCUT2D eigenvalue weighted by atomic mass is 35.5. The molecule has 3 nitrogen and oxygen atoms in total. The molecule has 1 atom stereocenters. The highest BCUT2D eigenvalue weighted by Gasteiger charge is 2.22. The van der Waals surface area contributed by atoms with Crippen LogP contribution in [-0.2, 0) is 11.3 Å². The lowest BCUT2D eigenvalue weighted by Crippen LogP contribution is -2.29. The first kappa shape index (κ1) is 14.6. The molecule has 1 N–H and O–H groups in total. The maximum Gasteiger partial charge on any atom is 0.216 e. The molecule has 2 rings (SSSR count). The van der Waals surface area contributed by atoms with Gasteiger partial charge in [-0.3, -0.25) is 9.69 Å². The molecule has 1 fully saturated rings. The third-order valence-corrected chi connectivity index (χ3v) is 4.14. The second kappa shape index (κ2) is 6.60. The molecule has 0 aliphatic carbocycles. The average molecular weight is 301 g/mol. The molecule has 0 radical (unpaired) electrons. The van der Waals surface area contributed by atoms with Gasteiger partial charge in [0.1, 0.15) is 0 Å². The van der Waals surface area contributed by atoms with E-state index in [0.717, 1.165) is 32.6 Å². The third kappa shape index (κ3) is 4.37. The van der Waals surface area contributed by atoms with E-state index in [1.807, 2.05) is 18.2 Å². The molecule has 1 saturated heterocycles. The van der Waals surface area contributed by atoms with Crippen molar-refractivity contribution in [1.29, 1.82) is 0 Å². The summed E-state index contributed by atoms with van der Waals surface area (Å²) in [5, 5.41) is 4.08. The van der Waals surface area contributed by atoms with Crippen LogP contribution < -0.4 is 5.32 Å². The second-order valence-electron chi connectivity index (χ2n) is 5.08. The van der Waals surface area contributed by atoms with Crippen LogP contribution in [0.4, 0.5) is 0 Å². The molecule has 1 aromatic rings. The topological polar surface area (TPSA) is 32.3 Å².